The number of likely N-dealkylation sites (tertiary alicyclic amines) is 1. The van der Waals surface area contributed by atoms with E-state index in [0.717, 1.165) is 12.5 Å². The summed E-state index contributed by atoms with van der Waals surface area (Å²) in [4.78, 5) is 16.5. The van der Waals surface area contributed by atoms with E-state index in [1.165, 1.54) is 80.9 Å². The molecular weight excluding hydrogens is 388 g/mol. The van der Waals surface area contributed by atoms with Crippen molar-refractivity contribution in [2.24, 2.45) is 0 Å². The lowest BCUT2D eigenvalue weighted by Gasteiger charge is -2.28. The zero-order chi connectivity index (χ0) is 21.8. The summed E-state index contributed by atoms with van der Waals surface area (Å²) in [6.07, 6.45) is 9.06. The SMILES string of the molecule is COc1cccc(C(=O)O)c1.Cc1cc(C2CC2)c(CN2CCCCC2)c2cc[nH]c12. The van der Waals surface area contributed by atoms with Gasteiger partial charge in [-0.05, 0) is 92.6 Å². The maximum absolute atomic E-state index is 10.4. The van der Waals surface area contributed by atoms with Crippen LogP contribution in [0.25, 0.3) is 10.9 Å². The van der Waals surface area contributed by atoms with Gasteiger partial charge in [0.2, 0.25) is 0 Å². The molecule has 5 rings (SSSR count). The van der Waals surface area contributed by atoms with E-state index in [1.807, 2.05) is 0 Å². The molecule has 164 valence electrons. The molecule has 5 nitrogen and oxygen atoms in total. The molecule has 2 heterocycles. The van der Waals surface area contributed by atoms with Gasteiger partial charge in [0.25, 0.3) is 0 Å². The van der Waals surface area contributed by atoms with Crippen molar-refractivity contribution in [1.29, 1.82) is 0 Å². The number of piperidine rings is 1. The van der Waals surface area contributed by atoms with E-state index >= 15 is 0 Å². The Kier molecular flexibility index (Phi) is 6.62. The van der Waals surface area contributed by atoms with E-state index in [-0.39, 0.29) is 5.56 Å². The largest absolute Gasteiger partial charge is 0.497 e. The fourth-order valence-corrected chi connectivity index (χ4v) is 4.53. The van der Waals surface area contributed by atoms with E-state index in [0.29, 0.717) is 5.75 Å². The fourth-order valence-electron chi connectivity index (χ4n) is 4.53. The Morgan fingerprint density at radius 1 is 1.16 bits per heavy atom. The van der Waals surface area contributed by atoms with E-state index in [2.05, 4.69) is 35.1 Å². The molecule has 1 saturated carbocycles. The van der Waals surface area contributed by atoms with Crippen molar-refractivity contribution in [1.82, 2.24) is 9.88 Å². The minimum Gasteiger partial charge on any atom is -0.497 e. The number of hydrogen-bond acceptors (Lipinski definition) is 3. The van der Waals surface area contributed by atoms with Gasteiger partial charge in [0.15, 0.2) is 0 Å². The van der Waals surface area contributed by atoms with Crippen molar-refractivity contribution in [3.05, 3.63) is 64.8 Å². The number of methoxy groups -OCH3 is 1. The maximum Gasteiger partial charge on any atom is 0.335 e. The van der Waals surface area contributed by atoms with Crippen molar-refractivity contribution >= 4 is 16.9 Å². The van der Waals surface area contributed by atoms with Crippen molar-refractivity contribution < 1.29 is 14.6 Å². The first-order valence-electron chi connectivity index (χ1n) is 11.3. The number of aryl methyl sites for hydroxylation is 1. The van der Waals surface area contributed by atoms with Gasteiger partial charge in [-0.1, -0.05) is 18.6 Å². The molecule has 2 aliphatic rings. The van der Waals surface area contributed by atoms with Crippen LogP contribution >= 0.6 is 0 Å². The molecule has 1 saturated heterocycles. The summed E-state index contributed by atoms with van der Waals surface area (Å²) in [5, 5.41) is 10.0. The number of fused-ring (bicyclic) bond motifs is 1. The number of carboxylic acid groups (broad SMARTS) is 1. The fraction of sp³-hybridized carbons (Fsp3) is 0.423. The molecule has 0 radical (unpaired) electrons. The highest BCUT2D eigenvalue weighted by molar-refractivity contribution is 5.88. The number of aromatic nitrogens is 1. The predicted octanol–water partition coefficient (Wildman–Crippen LogP) is 5.73. The van der Waals surface area contributed by atoms with Gasteiger partial charge in [-0.25, -0.2) is 4.79 Å². The third-order valence-corrected chi connectivity index (χ3v) is 6.35. The van der Waals surface area contributed by atoms with Crippen LogP contribution in [0, 0.1) is 6.92 Å². The number of rotatable bonds is 5. The lowest BCUT2D eigenvalue weighted by molar-refractivity contribution is 0.0696. The summed E-state index contributed by atoms with van der Waals surface area (Å²) in [6, 6.07) is 11.1. The van der Waals surface area contributed by atoms with Gasteiger partial charge in [0.1, 0.15) is 5.75 Å². The van der Waals surface area contributed by atoms with E-state index in [1.54, 1.807) is 23.3 Å². The van der Waals surface area contributed by atoms with Crippen molar-refractivity contribution in [2.45, 2.75) is 51.5 Å². The van der Waals surface area contributed by atoms with Crippen LogP contribution in [0.15, 0.2) is 42.6 Å². The highest BCUT2D eigenvalue weighted by Crippen LogP contribution is 2.44. The summed E-state index contributed by atoms with van der Waals surface area (Å²) in [5.74, 6) is 0.460. The second-order valence-electron chi connectivity index (χ2n) is 8.68. The molecule has 0 atom stereocenters. The summed E-state index contributed by atoms with van der Waals surface area (Å²) in [6.45, 7) is 5.96. The first-order chi connectivity index (χ1) is 15.1. The molecule has 1 aromatic heterocycles. The molecule has 5 heteroatoms. The summed E-state index contributed by atoms with van der Waals surface area (Å²) < 4.78 is 4.84. The van der Waals surface area contributed by atoms with Crippen LogP contribution in [-0.2, 0) is 6.54 Å². The molecule has 2 fully saturated rings. The van der Waals surface area contributed by atoms with Crippen LogP contribution in [-0.4, -0.2) is 41.2 Å². The Morgan fingerprint density at radius 2 is 1.94 bits per heavy atom. The first kappa shape index (κ1) is 21.4. The molecule has 0 unspecified atom stereocenters. The summed E-state index contributed by atoms with van der Waals surface area (Å²) in [7, 11) is 1.50. The zero-order valence-corrected chi connectivity index (χ0v) is 18.5. The van der Waals surface area contributed by atoms with Crippen molar-refractivity contribution in [2.75, 3.05) is 20.2 Å². The van der Waals surface area contributed by atoms with Gasteiger partial charge in [0, 0.05) is 23.6 Å². The minimum absolute atomic E-state index is 0.240. The Labute approximate surface area is 184 Å². The number of carboxylic acids is 1. The van der Waals surface area contributed by atoms with Crippen LogP contribution in [0.4, 0.5) is 0 Å². The van der Waals surface area contributed by atoms with Gasteiger partial charge < -0.3 is 14.8 Å². The average Bonchev–Trinajstić information content (AvgIpc) is 3.52. The van der Waals surface area contributed by atoms with Crippen molar-refractivity contribution in [3.63, 3.8) is 0 Å². The quantitative estimate of drug-likeness (QED) is 0.553. The molecule has 3 aromatic rings. The molecule has 31 heavy (non-hydrogen) atoms. The van der Waals surface area contributed by atoms with E-state index < -0.39 is 5.97 Å². The highest BCUT2D eigenvalue weighted by Gasteiger charge is 2.28. The lowest BCUT2D eigenvalue weighted by atomic mass is 9.95. The minimum atomic E-state index is -0.941. The molecule has 1 aliphatic heterocycles. The monoisotopic (exact) mass is 420 g/mol. The standard InChI is InChI=1S/C18H24N2.C8H8O3/c1-13-11-16(14-5-6-14)17(15-7-8-19-18(13)15)12-20-9-3-2-4-10-20;1-11-7-4-2-3-6(5-7)8(9)10/h7-8,11,14,19H,2-6,9-10,12H2,1H3;2-5H,1H3,(H,9,10). The van der Waals surface area contributed by atoms with Gasteiger partial charge in [-0.3, -0.25) is 4.90 Å². The Hall–Kier alpha value is -2.79. The normalized spacial score (nSPS) is 16.6. The molecule has 0 spiro atoms. The van der Waals surface area contributed by atoms with Crippen molar-refractivity contribution in [3.8, 4) is 5.75 Å². The summed E-state index contributed by atoms with van der Waals surface area (Å²) in [5.41, 5.74) is 6.25. The lowest BCUT2D eigenvalue weighted by Crippen LogP contribution is -2.29. The molecular formula is C26H32N2O3. The second kappa shape index (κ2) is 9.56. The average molecular weight is 421 g/mol. The molecule has 0 bridgehead atoms. The predicted molar refractivity (Wildman–Crippen MR) is 124 cm³/mol. The maximum atomic E-state index is 10.4. The number of benzene rings is 2. The van der Waals surface area contributed by atoms with E-state index in [4.69, 9.17) is 9.84 Å². The number of hydrogen-bond donors (Lipinski definition) is 2. The Morgan fingerprint density at radius 3 is 2.61 bits per heavy atom. The Balaban J connectivity index is 0.000000180. The van der Waals surface area contributed by atoms with Crippen LogP contribution in [0.2, 0.25) is 0 Å². The zero-order valence-electron chi connectivity index (χ0n) is 18.5. The van der Waals surface area contributed by atoms with Gasteiger partial charge in [-0.2, -0.15) is 0 Å². The van der Waals surface area contributed by atoms with Gasteiger partial charge in [0.05, 0.1) is 12.7 Å². The van der Waals surface area contributed by atoms with Gasteiger partial charge >= 0.3 is 5.97 Å². The third kappa shape index (κ3) is 5.10. The second-order valence-corrected chi connectivity index (χ2v) is 8.68. The number of nitrogens with one attached hydrogen (secondary N) is 1. The van der Waals surface area contributed by atoms with Crippen LogP contribution in [0.5, 0.6) is 5.75 Å². The molecule has 1 aliphatic carbocycles. The van der Waals surface area contributed by atoms with Crippen LogP contribution in [0.3, 0.4) is 0 Å². The highest BCUT2D eigenvalue weighted by atomic mass is 16.5. The summed E-state index contributed by atoms with van der Waals surface area (Å²) >= 11 is 0. The molecule has 0 amide bonds. The number of H-pyrrole nitrogens is 1. The van der Waals surface area contributed by atoms with Gasteiger partial charge in [-0.15, -0.1) is 0 Å². The first-order valence-corrected chi connectivity index (χ1v) is 11.3. The van der Waals surface area contributed by atoms with E-state index in [9.17, 15) is 4.79 Å². The number of aromatic amines is 1. The third-order valence-electron chi connectivity index (χ3n) is 6.35. The number of aromatic carboxylic acids is 1. The number of nitrogens with zero attached hydrogens (tertiary/aromatic N) is 1. The topological polar surface area (TPSA) is 65.6 Å². The molecule has 2 aromatic carbocycles. The number of carbonyl (C=O) groups is 1. The smallest absolute Gasteiger partial charge is 0.335 e. The Bertz CT molecular complexity index is 1050. The molecule has 2 N–H and O–H groups in total. The number of ether oxygens (including phenoxy) is 1. The van der Waals surface area contributed by atoms with Crippen LogP contribution < -0.4 is 4.74 Å². The van der Waals surface area contributed by atoms with Crippen LogP contribution in [0.1, 0.15) is 65.1 Å².